The van der Waals surface area contributed by atoms with Crippen LogP contribution >= 0.6 is 0 Å². The Morgan fingerprint density at radius 1 is 0.312 bits per heavy atom. The van der Waals surface area contributed by atoms with Crippen LogP contribution in [-0.2, 0) is 0 Å². The molecule has 0 fully saturated rings. The van der Waals surface area contributed by atoms with Crippen LogP contribution in [0.2, 0.25) is 0 Å². The van der Waals surface area contributed by atoms with Crippen molar-refractivity contribution in [1.82, 2.24) is 15.0 Å². The highest BCUT2D eigenvalue weighted by Gasteiger charge is 2.27. The molecule has 7 aromatic carbocycles. The molecular weight excluding hydrogens is 590 g/mol. The monoisotopic (exact) mass is 613 g/mol. The van der Waals surface area contributed by atoms with E-state index >= 15 is 0 Å². The number of hydrogen-bond acceptors (Lipinski definition) is 5. The molecule has 11 rings (SSSR count). The second-order valence-corrected chi connectivity index (χ2v) is 12.3. The van der Waals surface area contributed by atoms with Crippen LogP contribution in [0.4, 0.5) is 0 Å². The van der Waals surface area contributed by atoms with Gasteiger partial charge in [-0.25, -0.2) is 15.0 Å². The molecule has 0 bridgehead atoms. The number of furan rings is 2. The van der Waals surface area contributed by atoms with Gasteiger partial charge in [0.2, 0.25) is 0 Å². The maximum Gasteiger partial charge on any atom is 0.164 e. The predicted octanol–water partition coefficient (Wildman–Crippen LogP) is 11.5. The smallest absolute Gasteiger partial charge is 0.164 e. The van der Waals surface area contributed by atoms with E-state index in [0.717, 1.165) is 66.1 Å². The first-order valence-corrected chi connectivity index (χ1v) is 16.0. The largest absolute Gasteiger partial charge is 0.456 e. The van der Waals surface area contributed by atoms with Crippen LogP contribution < -0.4 is 0 Å². The van der Waals surface area contributed by atoms with Crippen LogP contribution in [0.3, 0.4) is 0 Å². The van der Waals surface area contributed by atoms with Crippen molar-refractivity contribution >= 4 is 54.6 Å². The van der Waals surface area contributed by atoms with Crippen molar-refractivity contribution in [2.45, 2.75) is 0 Å². The molecule has 3 heterocycles. The average molecular weight is 614 g/mol. The first kappa shape index (κ1) is 25.6. The third-order valence-electron chi connectivity index (χ3n) is 9.69. The molecule has 0 saturated carbocycles. The summed E-state index contributed by atoms with van der Waals surface area (Å²) < 4.78 is 12.6. The van der Waals surface area contributed by atoms with Crippen molar-refractivity contribution in [3.8, 4) is 56.4 Å². The zero-order chi connectivity index (χ0) is 31.3. The molecule has 0 aliphatic heterocycles. The standard InChI is InChI=1S/C43H23N3O2/c1-3-20-33-27(12-1)39-31(18-8-22-35(39)47-33)42-44-41(30-17-7-15-26-25-14-5-10-24-11-6-16-29(37(24)25)38(26)30)45-43(46-42)32-19-9-23-36-40(32)28-13-2-4-21-34(28)48-36/h1-23H. The van der Waals surface area contributed by atoms with Gasteiger partial charge >= 0.3 is 0 Å². The van der Waals surface area contributed by atoms with E-state index in [-0.39, 0.29) is 0 Å². The molecule has 48 heavy (non-hydrogen) atoms. The van der Waals surface area contributed by atoms with E-state index in [4.69, 9.17) is 23.8 Å². The number of para-hydroxylation sites is 2. The summed E-state index contributed by atoms with van der Waals surface area (Å²) in [6.45, 7) is 0. The molecule has 10 aromatic rings. The number of fused-ring (bicyclic) bond motifs is 9. The number of aromatic nitrogens is 3. The average Bonchev–Trinajstić information content (AvgIpc) is 3.82. The molecule has 0 spiro atoms. The lowest BCUT2D eigenvalue weighted by atomic mass is 9.97. The van der Waals surface area contributed by atoms with Crippen LogP contribution in [-0.4, -0.2) is 15.0 Å². The zero-order valence-corrected chi connectivity index (χ0v) is 25.4. The Morgan fingerprint density at radius 3 is 1.38 bits per heavy atom. The molecule has 0 radical (unpaired) electrons. The Balaban J connectivity index is 1.24. The first-order valence-electron chi connectivity index (χ1n) is 16.0. The van der Waals surface area contributed by atoms with Crippen LogP contribution in [0.5, 0.6) is 0 Å². The fraction of sp³-hybridized carbons (Fsp3) is 0. The van der Waals surface area contributed by atoms with Crippen molar-refractivity contribution in [2.75, 3.05) is 0 Å². The van der Waals surface area contributed by atoms with Crippen LogP contribution in [0.25, 0.3) is 111 Å². The van der Waals surface area contributed by atoms with E-state index in [1.807, 2.05) is 60.7 Å². The molecule has 0 atom stereocenters. The van der Waals surface area contributed by atoms with Crippen molar-refractivity contribution in [1.29, 1.82) is 0 Å². The van der Waals surface area contributed by atoms with Gasteiger partial charge in [0.05, 0.1) is 0 Å². The summed E-state index contributed by atoms with van der Waals surface area (Å²) >= 11 is 0. The maximum atomic E-state index is 6.28. The third kappa shape index (κ3) is 3.47. The van der Waals surface area contributed by atoms with Crippen molar-refractivity contribution < 1.29 is 8.83 Å². The number of rotatable bonds is 3. The van der Waals surface area contributed by atoms with E-state index in [9.17, 15) is 0 Å². The molecular formula is C43H23N3O2. The van der Waals surface area contributed by atoms with Gasteiger partial charge in [-0.05, 0) is 51.7 Å². The molecule has 3 aromatic heterocycles. The number of benzene rings is 7. The van der Waals surface area contributed by atoms with Gasteiger partial charge in [0.1, 0.15) is 22.3 Å². The van der Waals surface area contributed by atoms with Gasteiger partial charge in [0, 0.05) is 43.8 Å². The van der Waals surface area contributed by atoms with Gasteiger partial charge in [-0.2, -0.15) is 0 Å². The Kier molecular flexibility index (Phi) is 5.05. The van der Waals surface area contributed by atoms with Crippen LogP contribution in [0, 0.1) is 0 Å². The molecule has 1 aliphatic rings. The minimum absolute atomic E-state index is 0.586. The molecule has 222 valence electrons. The van der Waals surface area contributed by atoms with Crippen molar-refractivity contribution in [3.05, 3.63) is 140 Å². The second kappa shape index (κ2) is 9.47. The molecule has 0 N–H and O–H groups in total. The van der Waals surface area contributed by atoms with Gasteiger partial charge in [-0.15, -0.1) is 0 Å². The Hall–Kier alpha value is -6.59. The second-order valence-electron chi connectivity index (χ2n) is 12.3. The van der Waals surface area contributed by atoms with Gasteiger partial charge in [0.25, 0.3) is 0 Å². The summed E-state index contributed by atoms with van der Waals surface area (Å²) in [5, 5.41) is 6.51. The minimum Gasteiger partial charge on any atom is -0.456 e. The first-order chi connectivity index (χ1) is 23.8. The zero-order valence-electron chi connectivity index (χ0n) is 25.4. The van der Waals surface area contributed by atoms with Gasteiger partial charge in [0.15, 0.2) is 17.5 Å². The van der Waals surface area contributed by atoms with Crippen molar-refractivity contribution in [3.63, 3.8) is 0 Å². The van der Waals surface area contributed by atoms with E-state index in [1.165, 1.54) is 27.5 Å². The van der Waals surface area contributed by atoms with Gasteiger partial charge < -0.3 is 8.83 Å². The highest BCUT2D eigenvalue weighted by atomic mass is 16.3. The Labute approximate surface area is 273 Å². The molecule has 0 unspecified atom stereocenters. The lowest BCUT2D eigenvalue weighted by Crippen LogP contribution is -2.01. The number of hydrogen-bond donors (Lipinski definition) is 0. The summed E-state index contributed by atoms with van der Waals surface area (Å²) in [6.07, 6.45) is 0. The van der Waals surface area contributed by atoms with Crippen LogP contribution in [0.1, 0.15) is 0 Å². The predicted molar refractivity (Wildman–Crippen MR) is 193 cm³/mol. The fourth-order valence-electron chi connectivity index (χ4n) is 7.69. The highest BCUT2D eigenvalue weighted by Crippen LogP contribution is 2.51. The number of nitrogens with zero attached hydrogens (tertiary/aromatic N) is 3. The lowest BCUT2D eigenvalue weighted by Gasteiger charge is -2.13. The normalized spacial score (nSPS) is 12.2. The van der Waals surface area contributed by atoms with Crippen LogP contribution in [0.15, 0.2) is 148 Å². The fourth-order valence-corrected chi connectivity index (χ4v) is 7.69. The summed E-state index contributed by atoms with van der Waals surface area (Å²) in [6, 6.07) is 47.9. The van der Waals surface area contributed by atoms with E-state index < -0.39 is 0 Å². The topological polar surface area (TPSA) is 65.0 Å². The summed E-state index contributed by atoms with van der Waals surface area (Å²) in [5.41, 5.74) is 10.8. The summed E-state index contributed by atoms with van der Waals surface area (Å²) in [7, 11) is 0. The summed E-state index contributed by atoms with van der Waals surface area (Å²) in [5.74, 6) is 1.79. The lowest BCUT2D eigenvalue weighted by molar-refractivity contribution is 0.668. The van der Waals surface area contributed by atoms with E-state index in [2.05, 4.69) is 78.9 Å². The Morgan fingerprint density at radius 2 is 0.750 bits per heavy atom. The minimum atomic E-state index is 0.586. The van der Waals surface area contributed by atoms with Crippen molar-refractivity contribution in [2.24, 2.45) is 0 Å². The summed E-state index contributed by atoms with van der Waals surface area (Å²) in [4.78, 5) is 15.8. The van der Waals surface area contributed by atoms with E-state index in [0.29, 0.717) is 17.5 Å². The molecule has 1 aliphatic carbocycles. The molecule has 5 nitrogen and oxygen atoms in total. The third-order valence-corrected chi connectivity index (χ3v) is 9.69. The highest BCUT2D eigenvalue weighted by molar-refractivity contribution is 6.18. The Bertz CT molecular complexity index is 2830. The van der Waals surface area contributed by atoms with Gasteiger partial charge in [-0.3, -0.25) is 0 Å². The molecule has 5 heteroatoms. The molecule has 0 saturated heterocycles. The maximum absolute atomic E-state index is 6.28. The SMILES string of the molecule is c1cc(-c2nc(-c3cccc4oc5ccccc5c34)nc(-c3cccc4oc5ccccc5c34)n2)c2c(c1)-c1cccc3cccc-2c13. The quantitative estimate of drug-likeness (QED) is 0.198. The molecule has 0 amide bonds. The van der Waals surface area contributed by atoms with E-state index in [1.54, 1.807) is 0 Å². The van der Waals surface area contributed by atoms with Gasteiger partial charge in [-0.1, -0.05) is 115 Å².